The number of aromatic nitrogens is 4. The first kappa shape index (κ1) is 49.6. The number of amides is 2. The summed E-state index contributed by atoms with van der Waals surface area (Å²) in [6.07, 6.45) is 11.0. The Bertz CT molecular complexity index is 2760. The van der Waals surface area contributed by atoms with Crippen molar-refractivity contribution in [1.29, 1.82) is 0 Å². The number of piperidine rings is 3. The summed E-state index contributed by atoms with van der Waals surface area (Å²) in [5.41, 5.74) is 8.98. The van der Waals surface area contributed by atoms with E-state index in [1.165, 1.54) is 23.4 Å². The van der Waals surface area contributed by atoms with Gasteiger partial charge in [0.15, 0.2) is 0 Å². The quantitative estimate of drug-likeness (QED) is 0.0594. The predicted octanol–water partition coefficient (Wildman–Crippen LogP) is 7.68. The zero-order valence-corrected chi connectivity index (χ0v) is 42.7. The molecule has 0 saturated carbocycles. The molecule has 1 atom stereocenters. The highest BCUT2D eigenvalue weighted by Crippen LogP contribution is 2.42. The number of hydrazine groups is 1. The Morgan fingerprint density at radius 2 is 1.57 bits per heavy atom. The molecule has 2 amide bonds. The first-order chi connectivity index (χ1) is 33.8. The van der Waals surface area contributed by atoms with Crippen LogP contribution in [0, 0.1) is 17.6 Å². The molecule has 4 fully saturated rings. The van der Waals surface area contributed by atoms with Crippen molar-refractivity contribution in [2.24, 2.45) is 5.92 Å². The Balaban J connectivity index is 0.734. The lowest BCUT2D eigenvalue weighted by Gasteiger charge is -2.43. The molecule has 4 N–H and O–H groups in total. The van der Waals surface area contributed by atoms with Crippen LogP contribution >= 0.6 is 23.1 Å². The molecule has 70 heavy (non-hydrogen) atoms. The van der Waals surface area contributed by atoms with E-state index in [0.717, 1.165) is 90.0 Å². The fourth-order valence-electron chi connectivity index (χ4n) is 10.6. The number of imide groups is 1. The number of nitrogens with zero attached hydrogens (tertiary/aromatic N) is 8. The normalized spacial score (nSPS) is 19.2. The standard InChI is InChI=1S/C50H62BrF2N12O4P/c1-5-32-26-41(59-50-56-30-36(51)48(61-50)58-40-8-7-39-46(55-17-16-54-39)47(40)70(3,4)68)43(69-2)29-42(32)64-20-13-33(14-21-64)63-22-24-65(25-23-63)57-15-10-31-11-18-62(19-12-31)34-27-37(52)45(38(53)28-34)35-6-9-44(66)60-49(35)67/h7-8,16-17,26-31,33,35,57H,5-6,9-15,18-25H2,1-4H3,(H,60,66,67)(H2,56,58,59,61). The molecule has 0 aliphatic carbocycles. The van der Waals surface area contributed by atoms with Crippen molar-refractivity contribution >= 4 is 85.7 Å². The van der Waals surface area contributed by atoms with Gasteiger partial charge in [-0.15, -0.1) is 0 Å². The van der Waals surface area contributed by atoms with Crippen LogP contribution in [0.1, 0.15) is 68.9 Å². The van der Waals surface area contributed by atoms with Crippen molar-refractivity contribution in [1.82, 2.24) is 40.6 Å². The Kier molecular flexibility index (Phi) is 15.3. The minimum atomic E-state index is -2.78. The molecular weight excluding hydrogens is 982 g/mol. The van der Waals surface area contributed by atoms with Gasteiger partial charge >= 0.3 is 0 Å². The molecule has 16 nitrogen and oxygen atoms in total. The number of anilines is 6. The van der Waals surface area contributed by atoms with Gasteiger partial charge in [-0.2, -0.15) is 4.98 Å². The zero-order valence-electron chi connectivity index (χ0n) is 40.2. The van der Waals surface area contributed by atoms with Crippen LogP contribution in [0.15, 0.2) is 59.5 Å². The second-order valence-corrected chi connectivity index (χ2v) is 23.1. The van der Waals surface area contributed by atoms with Crippen LogP contribution in [-0.4, -0.2) is 127 Å². The first-order valence-electron chi connectivity index (χ1n) is 24.4. The average Bonchev–Trinajstić information content (AvgIpc) is 3.35. The number of nitrogens with one attached hydrogen (secondary N) is 4. The van der Waals surface area contributed by atoms with Gasteiger partial charge in [-0.25, -0.2) is 18.8 Å². The monoisotopic (exact) mass is 1040 g/mol. The largest absolute Gasteiger partial charge is 0.494 e. The molecule has 20 heteroatoms. The number of halogens is 3. The Labute approximate surface area is 416 Å². The number of benzene rings is 3. The van der Waals surface area contributed by atoms with Crippen LogP contribution < -0.4 is 41.2 Å². The van der Waals surface area contributed by atoms with E-state index in [4.69, 9.17) is 9.72 Å². The average molecular weight is 1040 g/mol. The van der Waals surface area contributed by atoms with Gasteiger partial charge in [0.25, 0.3) is 0 Å². The number of piperazine rings is 1. The third kappa shape index (κ3) is 11.1. The van der Waals surface area contributed by atoms with Gasteiger partial charge in [-0.05, 0) is 116 Å². The van der Waals surface area contributed by atoms with Crippen molar-refractivity contribution in [3.05, 3.63) is 82.2 Å². The summed E-state index contributed by atoms with van der Waals surface area (Å²) < 4.78 is 50.5. The fraction of sp³-hybridized carbons (Fsp3) is 0.480. The van der Waals surface area contributed by atoms with Crippen LogP contribution in [-0.2, 0) is 20.6 Å². The van der Waals surface area contributed by atoms with Crippen molar-refractivity contribution in [2.45, 2.75) is 70.3 Å². The minimum absolute atomic E-state index is 0.0675. The maximum Gasteiger partial charge on any atom is 0.234 e. The second kappa shape index (κ2) is 21.6. The molecule has 372 valence electrons. The topological polar surface area (TPSA) is 173 Å². The van der Waals surface area contributed by atoms with E-state index in [0.29, 0.717) is 74.8 Å². The van der Waals surface area contributed by atoms with Crippen LogP contribution in [0.3, 0.4) is 0 Å². The molecule has 4 aliphatic rings. The van der Waals surface area contributed by atoms with Crippen molar-refractivity contribution in [3.8, 4) is 5.75 Å². The third-order valence-corrected chi connectivity index (χ3v) is 16.4. The summed E-state index contributed by atoms with van der Waals surface area (Å²) in [5, 5.41) is 11.9. The number of methoxy groups -OCH3 is 1. The molecular formula is C50H62BrF2N12O4P. The Morgan fingerprint density at radius 3 is 2.26 bits per heavy atom. The van der Waals surface area contributed by atoms with E-state index in [1.807, 2.05) is 17.0 Å². The van der Waals surface area contributed by atoms with E-state index in [-0.39, 0.29) is 18.4 Å². The molecule has 2 aromatic heterocycles. The molecule has 1 unspecified atom stereocenters. The summed E-state index contributed by atoms with van der Waals surface area (Å²) in [7, 11) is -1.10. The highest BCUT2D eigenvalue weighted by atomic mass is 79.9. The van der Waals surface area contributed by atoms with E-state index in [2.05, 4.69) is 86.1 Å². The molecule has 6 heterocycles. The van der Waals surface area contributed by atoms with E-state index < -0.39 is 36.5 Å². The lowest BCUT2D eigenvalue weighted by Crippen LogP contribution is -2.56. The van der Waals surface area contributed by atoms with Crippen LogP contribution in [0.4, 0.5) is 43.3 Å². The molecule has 0 bridgehead atoms. The Morgan fingerprint density at radius 1 is 0.857 bits per heavy atom. The van der Waals surface area contributed by atoms with Gasteiger partial charge in [0.1, 0.15) is 35.9 Å². The van der Waals surface area contributed by atoms with E-state index in [9.17, 15) is 14.2 Å². The molecule has 5 aromatic rings. The molecule has 0 radical (unpaired) electrons. The van der Waals surface area contributed by atoms with E-state index >= 15 is 8.78 Å². The number of fused-ring (bicyclic) bond motifs is 1. The number of rotatable bonds is 15. The molecule has 3 aromatic carbocycles. The van der Waals surface area contributed by atoms with Crippen LogP contribution in [0.25, 0.3) is 11.0 Å². The molecule has 4 aliphatic heterocycles. The van der Waals surface area contributed by atoms with Gasteiger partial charge in [0, 0.05) is 113 Å². The van der Waals surface area contributed by atoms with Gasteiger partial charge in [0.05, 0.1) is 39.7 Å². The van der Waals surface area contributed by atoms with Crippen molar-refractivity contribution < 1.29 is 27.7 Å². The lowest BCUT2D eigenvalue weighted by atomic mass is 9.89. The van der Waals surface area contributed by atoms with Crippen LogP contribution in [0.5, 0.6) is 5.75 Å². The maximum atomic E-state index is 15.2. The van der Waals surface area contributed by atoms with Crippen LogP contribution in [0.2, 0.25) is 0 Å². The summed E-state index contributed by atoms with van der Waals surface area (Å²) in [5.74, 6) is -1.42. The molecule has 4 saturated heterocycles. The molecule has 9 rings (SSSR count). The van der Waals surface area contributed by atoms with Crippen molar-refractivity contribution in [3.63, 3.8) is 0 Å². The number of aryl methyl sites for hydroxylation is 1. The fourth-order valence-corrected chi connectivity index (χ4v) is 12.3. The number of hydrogen-bond acceptors (Lipinski definition) is 15. The number of hydrogen-bond donors (Lipinski definition) is 4. The number of carbonyl (C=O) groups is 2. The first-order valence-corrected chi connectivity index (χ1v) is 27.8. The van der Waals surface area contributed by atoms with Gasteiger partial charge in [-0.3, -0.25) is 35.2 Å². The smallest absolute Gasteiger partial charge is 0.234 e. The summed E-state index contributed by atoms with van der Waals surface area (Å²) >= 11 is 3.60. The third-order valence-electron chi connectivity index (χ3n) is 14.3. The second-order valence-electron chi connectivity index (χ2n) is 19.1. The SMILES string of the molecule is CCc1cc(Nc2ncc(Br)c(Nc3ccc4nccnc4c3P(C)(C)=O)n2)c(OC)cc1N1CCC(N2CCN(NCCC3CCN(c4cc(F)c(C5CCC(=O)NC5=O)c(F)c4)CC3)CC2)CC1. The van der Waals surface area contributed by atoms with E-state index in [1.54, 1.807) is 39.0 Å². The van der Waals surface area contributed by atoms with Crippen molar-refractivity contribution in [2.75, 3.05) is 99.8 Å². The highest BCUT2D eigenvalue weighted by Gasteiger charge is 2.34. The van der Waals surface area contributed by atoms with Gasteiger partial charge < -0.3 is 29.7 Å². The zero-order chi connectivity index (χ0) is 49.1. The molecule has 0 spiro atoms. The number of ether oxygens (including phenoxy) is 1. The number of carbonyl (C=O) groups excluding carboxylic acids is 2. The highest BCUT2D eigenvalue weighted by molar-refractivity contribution is 9.10. The van der Waals surface area contributed by atoms with Gasteiger partial charge in [-0.1, -0.05) is 6.92 Å². The maximum absolute atomic E-state index is 15.2. The predicted molar refractivity (Wildman–Crippen MR) is 275 cm³/mol. The summed E-state index contributed by atoms with van der Waals surface area (Å²) in [6.45, 7) is 13.8. The summed E-state index contributed by atoms with van der Waals surface area (Å²) in [6, 6.07) is 11.2. The lowest BCUT2D eigenvalue weighted by molar-refractivity contribution is -0.134. The Hall–Kier alpha value is -5.33. The minimum Gasteiger partial charge on any atom is -0.494 e. The summed E-state index contributed by atoms with van der Waals surface area (Å²) in [4.78, 5) is 49.3. The van der Waals surface area contributed by atoms with Gasteiger partial charge in [0.2, 0.25) is 17.8 Å².